The van der Waals surface area contributed by atoms with E-state index in [0.717, 1.165) is 24.0 Å². The number of rotatable bonds is 10. The lowest BCUT2D eigenvalue weighted by molar-refractivity contribution is -0.142. The molecule has 0 aliphatic rings. The average molecular weight is 415 g/mol. The Hall–Kier alpha value is -2.89. The lowest BCUT2D eigenvalue weighted by Gasteiger charge is -2.29. The summed E-state index contributed by atoms with van der Waals surface area (Å²) < 4.78 is 19.9. The van der Waals surface area contributed by atoms with Crippen molar-refractivity contribution in [2.24, 2.45) is 0 Å². The summed E-state index contributed by atoms with van der Waals surface area (Å²) in [6.45, 7) is 7.84. The van der Waals surface area contributed by atoms with Crippen LogP contribution in [0.15, 0.2) is 42.5 Å². The molecule has 30 heavy (non-hydrogen) atoms. The minimum absolute atomic E-state index is 0.00989. The number of amides is 2. The second-order valence-corrected chi connectivity index (χ2v) is 7.49. The van der Waals surface area contributed by atoms with E-state index >= 15 is 0 Å². The van der Waals surface area contributed by atoms with Crippen molar-refractivity contribution >= 4 is 11.8 Å². The van der Waals surface area contributed by atoms with Gasteiger partial charge in [0.15, 0.2) is 6.61 Å². The first-order valence-corrected chi connectivity index (χ1v) is 10.3. The highest BCUT2D eigenvalue weighted by Gasteiger charge is 2.27. The molecule has 2 rings (SSSR count). The SMILES string of the molecule is CCCCNC(=O)C(C)N(Cc1ccccc1F)C(=O)COc1cc(C)ccc1C. The van der Waals surface area contributed by atoms with Crippen molar-refractivity contribution in [3.8, 4) is 5.75 Å². The first kappa shape index (κ1) is 23.4. The lowest BCUT2D eigenvalue weighted by atomic mass is 10.1. The van der Waals surface area contributed by atoms with Crippen molar-refractivity contribution < 1.29 is 18.7 Å². The molecule has 0 heterocycles. The lowest BCUT2D eigenvalue weighted by Crippen LogP contribution is -2.49. The number of aryl methyl sites for hydroxylation is 2. The smallest absolute Gasteiger partial charge is 0.261 e. The summed E-state index contributed by atoms with van der Waals surface area (Å²) >= 11 is 0. The van der Waals surface area contributed by atoms with E-state index in [9.17, 15) is 14.0 Å². The molecule has 0 saturated heterocycles. The molecule has 0 aliphatic heterocycles. The van der Waals surface area contributed by atoms with Crippen LogP contribution in [-0.2, 0) is 16.1 Å². The van der Waals surface area contributed by atoms with E-state index in [2.05, 4.69) is 5.32 Å². The van der Waals surface area contributed by atoms with Crippen molar-refractivity contribution in [1.82, 2.24) is 10.2 Å². The molecule has 2 amide bonds. The van der Waals surface area contributed by atoms with E-state index in [1.54, 1.807) is 25.1 Å². The molecule has 1 atom stereocenters. The van der Waals surface area contributed by atoms with Gasteiger partial charge in [-0.05, 0) is 50.5 Å². The monoisotopic (exact) mass is 414 g/mol. The maximum Gasteiger partial charge on any atom is 0.261 e. The van der Waals surface area contributed by atoms with E-state index in [4.69, 9.17) is 4.74 Å². The van der Waals surface area contributed by atoms with E-state index in [-0.39, 0.29) is 25.0 Å². The zero-order valence-electron chi connectivity index (χ0n) is 18.2. The van der Waals surface area contributed by atoms with Crippen LogP contribution >= 0.6 is 0 Å². The van der Waals surface area contributed by atoms with Crippen molar-refractivity contribution in [1.29, 1.82) is 0 Å². The fourth-order valence-electron chi connectivity index (χ4n) is 3.01. The molecule has 2 aromatic carbocycles. The van der Waals surface area contributed by atoms with Crippen LogP contribution in [0.4, 0.5) is 4.39 Å². The number of unbranched alkanes of at least 4 members (excludes halogenated alkanes) is 1. The highest BCUT2D eigenvalue weighted by atomic mass is 19.1. The molecule has 162 valence electrons. The Labute approximate surface area is 178 Å². The van der Waals surface area contributed by atoms with E-state index in [1.807, 2.05) is 39.0 Å². The molecule has 0 bridgehead atoms. The van der Waals surface area contributed by atoms with Crippen LogP contribution in [0.5, 0.6) is 5.75 Å². The van der Waals surface area contributed by atoms with Gasteiger partial charge in [0.25, 0.3) is 5.91 Å². The predicted molar refractivity (Wildman–Crippen MR) is 116 cm³/mol. The summed E-state index contributed by atoms with van der Waals surface area (Å²) in [5.41, 5.74) is 2.29. The van der Waals surface area contributed by atoms with Gasteiger partial charge in [-0.2, -0.15) is 0 Å². The molecule has 0 aliphatic carbocycles. The normalized spacial score (nSPS) is 11.6. The molecule has 0 saturated carbocycles. The van der Waals surface area contributed by atoms with Crippen LogP contribution in [0, 0.1) is 19.7 Å². The molecule has 2 aromatic rings. The maximum absolute atomic E-state index is 14.2. The Bertz CT molecular complexity index is 869. The molecule has 5 nitrogen and oxygen atoms in total. The largest absolute Gasteiger partial charge is 0.483 e. The van der Waals surface area contributed by atoms with Crippen LogP contribution in [0.25, 0.3) is 0 Å². The first-order chi connectivity index (χ1) is 14.3. The van der Waals surface area contributed by atoms with E-state index in [1.165, 1.54) is 11.0 Å². The summed E-state index contributed by atoms with van der Waals surface area (Å²) in [7, 11) is 0. The summed E-state index contributed by atoms with van der Waals surface area (Å²) in [5.74, 6) is -0.434. The highest BCUT2D eigenvalue weighted by molar-refractivity contribution is 5.88. The number of benzene rings is 2. The topological polar surface area (TPSA) is 58.6 Å². The molecular formula is C24H31FN2O3. The fourth-order valence-corrected chi connectivity index (χ4v) is 3.01. The maximum atomic E-state index is 14.2. The number of ether oxygens (including phenoxy) is 1. The van der Waals surface area contributed by atoms with Crippen LogP contribution in [0.3, 0.4) is 0 Å². The molecular weight excluding hydrogens is 383 g/mol. The van der Waals surface area contributed by atoms with Crippen molar-refractivity contribution in [2.75, 3.05) is 13.2 Å². The van der Waals surface area contributed by atoms with E-state index < -0.39 is 11.9 Å². The number of hydrogen-bond acceptors (Lipinski definition) is 3. The number of hydrogen-bond donors (Lipinski definition) is 1. The van der Waals surface area contributed by atoms with Gasteiger partial charge in [-0.3, -0.25) is 9.59 Å². The molecule has 0 fully saturated rings. The van der Waals surface area contributed by atoms with Crippen molar-refractivity contribution in [3.63, 3.8) is 0 Å². The molecule has 0 aromatic heterocycles. The van der Waals surface area contributed by atoms with Crippen molar-refractivity contribution in [2.45, 2.75) is 53.1 Å². The Morgan fingerprint density at radius 1 is 1.17 bits per heavy atom. The van der Waals surface area contributed by atoms with Gasteiger partial charge >= 0.3 is 0 Å². The zero-order valence-corrected chi connectivity index (χ0v) is 18.2. The average Bonchev–Trinajstić information content (AvgIpc) is 2.73. The molecule has 6 heteroatoms. The highest BCUT2D eigenvalue weighted by Crippen LogP contribution is 2.20. The van der Waals surface area contributed by atoms with Gasteiger partial charge in [-0.25, -0.2) is 4.39 Å². The van der Waals surface area contributed by atoms with Gasteiger partial charge in [0.2, 0.25) is 5.91 Å². The van der Waals surface area contributed by atoms with Gasteiger partial charge in [0, 0.05) is 18.7 Å². The summed E-state index contributed by atoms with van der Waals surface area (Å²) in [4.78, 5) is 26.9. The second kappa shape index (κ2) is 11.3. The second-order valence-electron chi connectivity index (χ2n) is 7.49. The Kier molecular flexibility index (Phi) is 8.84. The third-order valence-electron chi connectivity index (χ3n) is 4.99. The van der Waals surface area contributed by atoms with Crippen LogP contribution < -0.4 is 10.1 Å². The third kappa shape index (κ3) is 6.58. The number of nitrogens with zero attached hydrogens (tertiary/aromatic N) is 1. The Balaban J connectivity index is 2.16. The first-order valence-electron chi connectivity index (χ1n) is 10.3. The van der Waals surface area contributed by atoms with Gasteiger partial charge in [0.1, 0.15) is 17.6 Å². The molecule has 1 N–H and O–H groups in total. The van der Waals surface area contributed by atoms with E-state index in [0.29, 0.717) is 17.9 Å². The van der Waals surface area contributed by atoms with Crippen LogP contribution in [0.2, 0.25) is 0 Å². The standard InChI is InChI=1S/C24H31FN2O3/c1-5-6-13-26-24(29)19(4)27(15-20-9-7-8-10-21(20)25)23(28)16-30-22-14-17(2)11-12-18(22)3/h7-12,14,19H,5-6,13,15-16H2,1-4H3,(H,26,29). The molecule has 1 unspecified atom stereocenters. The molecule has 0 spiro atoms. The van der Waals surface area contributed by atoms with Crippen LogP contribution in [0.1, 0.15) is 43.4 Å². The van der Waals surface area contributed by atoms with Gasteiger partial charge in [-0.15, -0.1) is 0 Å². The number of halogens is 1. The molecule has 0 radical (unpaired) electrons. The predicted octanol–water partition coefficient (Wildman–Crippen LogP) is 4.15. The quantitative estimate of drug-likeness (QED) is 0.594. The van der Waals surface area contributed by atoms with Crippen LogP contribution in [-0.4, -0.2) is 35.9 Å². The van der Waals surface area contributed by atoms with Gasteiger partial charge in [-0.1, -0.05) is 43.7 Å². The zero-order chi connectivity index (χ0) is 22.1. The van der Waals surface area contributed by atoms with Gasteiger partial charge < -0.3 is 15.0 Å². The minimum atomic E-state index is -0.754. The summed E-state index contributed by atoms with van der Waals surface area (Å²) in [6.07, 6.45) is 1.81. The fraction of sp³-hybridized carbons (Fsp3) is 0.417. The van der Waals surface area contributed by atoms with Gasteiger partial charge in [0.05, 0.1) is 0 Å². The number of carbonyl (C=O) groups is 2. The number of carbonyl (C=O) groups excluding carboxylic acids is 2. The minimum Gasteiger partial charge on any atom is -0.483 e. The number of nitrogens with one attached hydrogen (secondary N) is 1. The third-order valence-corrected chi connectivity index (χ3v) is 4.99. The van der Waals surface area contributed by atoms with Crippen molar-refractivity contribution in [3.05, 3.63) is 65.0 Å². The Morgan fingerprint density at radius 3 is 2.60 bits per heavy atom. The summed E-state index contributed by atoms with van der Waals surface area (Å²) in [5, 5.41) is 2.84. The summed E-state index contributed by atoms with van der Waals surface area (Å²) in [6, 6.07) is 11.3. The Morgan fingerprint density at radius 2 is 1.90 bits per heavy atom.